The largest absolute Gasteiger partial charge is 0.381 e. The molecule has 6 nitrogen and oxygen atoms in total. The van der Waals surface area contributed by atoms with Crippen molar-refractivity contribution in [2.45, 2.75) is 10.8 Å². The van der Waals surface area contributed by atoms with Gasteiger partial charge in [-0.2, -0.15) is 4.98 Å². The Balaban J connectivity index is 2.02. The molecule has 0 bridgehead atoms. The SMILES string of the molecule is Nc1nccnc1SCc1ncon1. The molecule has 0 unspecified atom stereocenters. The number of hydrogen-bond donors (Lipinski definition) is 1. The van der Waals surface area contributed by atoms with E-state index in [-0.39, 0.29) is 0 Å². The van der Waals surface area contributed by atoms with Crippen LogP contribution in [0, 0.1) is 0 Å². The van der Waals surface area contributed by atoms with Gasteiger partial charge in [0.25, 0.3) is 0 Å². The number of anilines is 1. The van der Waals surface area contributed by atoms with E-state index in [1.54, 1.807) is 12.4 Å². The fraction of sp³-hybridized carbons (Fsp3) is 0.143. The number of thioether (sulfide) groups is 1. The molecule has 0 aromatic carbocycles. The molecule has 72 valence electrons. The zero-order valence-corrected chi connectivity index (χ0v) is 7.94. The molecule has 2 aromatic rings. The van der Waals surface area contributed by atoms with Crippen LogP contribution in [-0.4, -0.2) is 20.1 Å². The van der Waals surface area contributed by atoms with Crippen LogP contribution in [0.2, 0.25) is 0 Å². The second-order valence-electron chi connectivity index (χ2n) is 2.38. The van der Waals surface area contributed by atoms with Gasteiger partial charge in [0, 0.05) is 12.4 Å². The summed E-state index contributed by atoms with van der Waals surface area (Å²) in [5.74, 6) is 1.60. The summed E-state index contributed by atoms with van der Waals surface area (Å²) in [6.45, 7) is 0. The first-order valence-electron chi connectivity index (χ1n) is 3.81. The Morgan fingerprint density at radius 3 is 2.86 bits per heavy atom. The average Bonchev–Trinajstić information content (AvgIpc) is 2.69. The average molecular weight is 209 g/mol. The highest BCUT2D eigenvalue weighted by Gasteiger charge is 2.04. The van der Waals surface area contributed by atoms with E-state index in [4.69, 9.17) is 5.73 Å². The third-order valence-corrected chi connectivity index (χ3v) is 2.43. The molecule has 2 heterocycles. The first kappa shape index (κ1) is 8.95. The highest BCUT2D eigenvalue weighted by Crippen LogP contribution is 2.22. The molecule has 0 spiro atoms. The maximum absolute atomic E-state index is 5.60. The van der Waals surface area contributed by atoms with E-state index >= 15 is 0 Å². The highest BCUT2D eigenvalue weighted by molar-refractivity contribution is 7.98. The van der Waals surface area contributed by atoms with Crippen molar-refractivity contribution in [3.05, 3.63) is 24.6 Å². The predicted molar refractivity (Wildman–Crippen MR) is 50.3 cm³/mol. The van der Waals surface area contributed by atoms with Crippen LogP contribution in [0.4, 0.5) is 5.82 Å². The molecule has 2 N–H and O–H groups in total. The first-order valence-corrected chi connectivity index (χ1v) is 4.79. The Hall–Kier alpha value is -1.63. The van der Waals surface area contributed by atoms with Crippen molar-refractivity contribution in [1.29, 1.82) is 0 Å². The molecular weight excluding hydrogens is 202 g/mol. The van der Waals surface area contributed by atoms with Crippen molar-refractivity contribution in [3.8, 4) is 0 Å². The smallest absolute Gasteiger partial charge is 0.213 e. The fourth-order valence-electron chi connectivity index (χ4n) is 0.836. The number of nitrogen functional groups attached to an aromatic ring is 1. The molecule has 2 aromatic heterocycles. The minimum atomic E-state index is 0.418. The molecular formula is C7H7N5OS. The maximum Gasteiger partial charge on any atom is 0.213 e. The number of rotatable bonds is 3. The number of aromatic nitrogens is 4. The molecule has 0 aliphatic carbocycles. The molecule has 0 saturated carbocycles. The van der Waals surface area contributed by atoms with Crippen LogP contribution in [0.1, 0.15) is 5.82 Å². The van der Waals surface area contributed by atoms with Gasteiger partial charge in [-0.1, -0.05) is 16.9 Å². The number of nitrogens with two attached hydrogens (primary N) is 1. The second kappa shape index (κ2) is 4.05. The van der Waals surface area contributed by atoms with Crippen LogP contribution in [0.15, 0.2) is 28.3 Å². The van der Waals surface area contributed by atoms with Crippen molar-refractivity contribution >= 4 is 17.6 Å². The van der Waals surface area contributed by atoms with Crippen LogP contribution in [-0.2, 0) is 5.75 Å². The van der Waals surface area contributed by atoms with Crippen LogP contribution in [0.5, 0.6) is 0 Å². The van der Waals surface area contributed by atoms with E-state index in [0.29, 0.717) is 22.4 Å². The van der Waals surface area contributed by atoms with Crippen molar-refractivity contribution in [1.82, 2.24) is 20.1 Å². The monoisotopic (exact) mass is 209 g/mol. The van der Waals surface area contributed by atoms with E-state index in [2.05, 4.69) is 24.6 Å². The van der Waals surface area contributed by atoms with Crippen LogP contribution >= 0.6 is 11.8 Å². The number of hydrogen-bond acceptors (Lipinski definition) is 7. The lowest BCUT2D eigenvalue weighted by molar-refractivity contribution is 0.412. The summed E-state index contributed by atoms with van der Waals surface area (Å²) in [6.07, 6.45) is 4.43. The molecule has 0 radical (unpaired) electrons. The second-order valence-corrected chi connectivity index (χ2v) is 3.35. The Labute approximate surface area is 83.9 Å². The Kier molecular flexibility index (Phi) is 2.59. The standard InChI is InChI=1S/C7H7N5OS/c8-6-7(10-2-1-9-6)14-3-5-11-4-13-12-5/h1-2,4H,3H2,(H2,8,9). The summed E-state index contributed by atoms with van der Waals surface area (Å²) in [5, 5.41) is 4.34. The summed E-state index contributed by atoms with van der Waals surface area (Å²) in [7, 11) is 0. The summed E-state index contributed by atoms with van der Waals surface area (Å²) >= 11 is 1.42. The van der Waals surface area contributed by atoms with Gasteiger partial charge in [0.2, 0.25) is 6.39 Å². The lowest BCUT2D eigenvalue weighted by Crippen LogP contribution is -1.95. The summed E-state index contributed by atoms with van der Waals surface area (Å²) in [5.41, 5.74) is 5.60. The van der Waals surface area contributed by atoms with Gasteiger partial charge < -0.3 is 10.3 Å². The molecule has 0 fully saturated rings. The fourth-order valence-corrected chi connectivity index (χ4v) is 1.57. The van der Waals surface area contributed by atoms with Crippen molar-refractivity contribution in [2.24, 2.45) is 0 Å². The molecule has 0 aliphatic heterocycles. The van der Waals surface area contributed by atoms with Gasteiger partial charge in [-0.05, 0) is 0 Å². The van der Waals surface area contributed by atoms with Crippen LogP contribution in [0.3, 0.4) is 0 Å². The zero-order valence-electron chi connectivity index (χ0n) is 7.12. The zero-order chi connectivity index (χ0) is 9.80. The summed E-state index contributed by atoms with van der Waals surface area (Å²) in [4.78, 5) is 11.8. The lowest BCUT2D eigenvalue weighted by atomic mass is 10.7. The van der Waals surface area contributed by atoms with Crippen molar-refractivity contribution in [2.75, 3.05) is 5.73 Å². The van der Waals surface area contributed by atoms with Gasteiger partial charge in [0.1, 0.15) is 5.03 Å². The maximum atomic E-state index is 5.60. The Bertz CT molecular complexity index is 404. The van der Waals surface area contributed by atoms with E-state index < -0.39 is 0 Å². The predicted octanol–water partition coefficient (Wildman–Crippen LogP) is 0.734. The topological polar surface area (TPSA) is 90.7 Å². The van der Waals surface area contributed by atoms with Gasteiger partial charge in [-0.3, -0.25) is 0 Å². The minimum Gasteiger partial charge on any atom is -0.381 e. The Morgan fingerprint density at radius 1 is 1.29 bits per heavy atom. The summed E-state index contributed by atoms with van der Waals surface area (Å²) < 4.78 is 4.59. The highest BCUT2D eigenvalue weighted by atomic mass is 32.2. The van der Waals surface area contributed by atoms with E-state index in [1.165, 1.54) is 18.2 Å². The van der Waals surface area contributed by atoms with Gasteiger partial charge >= 0.3 is 0 Å². The molecule has 7 heteroatoms. The van der Waals surface area contributed by atoms with Gasteiger partial charge in [0.05, 0.1) is 5.75 Å². The Morgan fingerprint density at radius 2 is 2.14 bits per heavy atom. The van der Waals surface area contributed by atoms with Crippen molar-refractivity contribution < 1.29 is 4.52 Å². The van der Waals surface area contributed by atoms with E-state index in [0.717, 1.165) is 0 Å². The third kappa shape index (κ3) is 1.99. The lowest BCUT2D eigenvalue weighted by Gasteiger charge is -1.99. The number of nitrogens with zero attached hydrogens (tertiary/aromatic N) is 4. The molecule has 0 amide bonds. The molecule has 0 atom stereocenters. The van der Waals surface area contributed by atoms with Crippen molar-refractivity contribution in [3.63, 3.8) is 0 Å². The molecule has 14 heavy (non-hydrogen) atoms. The van der Waals surface area contributed by atoms with Gasteiger partial charge in [0.15, 0.2) is 11.6 Å². The summed E-state index contributed by atoms with van der Waals surface area (Å²) in [6, 6.07) is 0. The first-order chi connectivity index (χ1) is 6.86. The van der Waals surface area contributed by atoms with Gasteiger partial charge in [-0.15, -0.1) is 0 Å². The van der Waals surface area contributed by atoms with E-state index in [9.17, 15) is 0 Å². The van der Waals surface area contributed by atoms with Crippen LogP contribution in [0.25, 0.3) is 0 Å². The molecule has 0 aliphatic rings. The third-order valence-electron chi connectivity index (χ3n) is 1.44. The van der Waals surface area contributed by atoms with Crippen LogP contribution < -0.4 is 5.73 Å². The van der Waals surface area contributed by atoms with E-state index in [1.807, 2.05) is 0 Å². The minimum absolute atomic E-state index is 0.418. The molecule has 0 saturated heterocycles. The normalized spacial score (nSPS) is 10.3. The molecule has 2 rings (SSSR count). The quantitative estimate of drug-likeness (QED) is 0.745. The van der Waals surface area contributed by atoms with Gasteiger partial charge in [-0.25, -0.2) is 9.97 Å².